The van der Waals surface area contributed by atoms with Gasteiger partial charge in [-0.3, -0.25) is 4.79 Å². The number of carboxylic acid groups (broad SMARTS) is 1. The highest BCUT2D eigenvalue weighted by Crippen LogP contribution is 2.63. The summed E-state index contributed by atoms with van der Waals surface area (Å²) in [5.41, 5.74) is 8.06. The highest BCUT2D eigenvalue weighted by Gasteiger charge is 2.67. The van der Waals surface area contributed by atoms with Crippen molar-refractivity contribution in [2.75, 3.05) is 30.3 Å². The van der Waals surface area contributed by atoms with E-state index in [9.17, 15) is 18.3 Å². The Kier molecular flexibility index (Phi) is 5.85. The largest absolute Gasteiger partial charge is 0.481 e. The SMILES string of the molecule is Cc1cc(N2CC[C@](C)(c3ccccc3)C2)cn2nc(C34CC(CO3)C4c3nc(N)nn3S(=O)(=O)C3CC(C)(C(=O)O)C3)nc12. The van der Waals surface area contributed by atoms with Crippen molar-refractivity contribution in [3.63, 3.8) is 0 Å². The molecule has 1 aromatic carbocycles. The quantitative estimate of drug-likeness (QED) is 0.307. The number of nitrogens with two attached hydrogens (primary N) is 1. The van der Waals surface area contributed by atoms with Gasteiger partial charge in [0.2, 0.25) is 5.95 Å². The molecule has 4 aromatic rings. The van der Waals surface area contributed by atoms with Crippen LogP contribution >= 0.6 is 0 Å². The monoisotopic (exact) mass is 632 g/mol. The van der Waals surface area contributed by atoms with Crippen molar-refractivity contribution >= 4 is 33.3 Å². The number of nitrogens with zero attached hydrogens (tertiary/aromatic N) is 7. The first kappa shape index (κ1) is 28.4. The van der Waals surface area contributed by atoms with Gasteiger partial charge in [0.25, 0.3) is 10.0 Å². The van der Waals surface area contributed by atoms with Crippen molar-refractivity contribution in [2.45, 2.75) is 68.6 Å². The molecule has 0 spiro atoms. The Balaban J connectivity index is 1.11. The molecule has 3 unspecified atom stereocenters. The Morgan fingerprint density at radius 3 is 2.58 bits per heavy atom. The standard InChI is InChI=1S/C31H36N8O5S/c1-18-11-21(37-10-9-29(2,17-37)20-7-5-4-6-8-20)15-38-24(18)33-26(35-38)31-12-19(16-44-31)23(31)25-34-28(32)36-39(25)45(42,43)22-13-30(3,14-22)27(40)41/h4-8,11,15,19,22-23H,9-10,12-14,16-17H2,1-3H3,(H2,32,36)(H,40,41)/t19?,22?,23?,29-,30?,31?/m0/s1. The lowest BCUT2D eigenvalue weighted by Gasteiger charge is -2.43. The minimum atomic E-state index is -4.05. The van der Waals surface area contributed by atoms with E-state index < -0.39 is 38.2 Å². The fourth-order valence-electron chi connectivity index (χ4n) is 8.04. The van der Waals surface area contributed by atoms with E-state index in [2.05, 4.69) is 52.2 Å². The summed E-state index contributed by atoms with van der Waals surface area (Å²) >= 11 is 0. The molecule has 2 bridgehead atoms. The van der Waals surface area contributed by atoms with Gasteiger partial charge in [-0.15, -0.1) is 14.3 Å². The van der Waals surface area contributed by atoms with Crippen molar-refractivity contribution in [3.8, 4) is 0 Å². The van der Waals surface area contributed by atoms with Gasteiger partial charge in [0.1, 0.15) is 5.60 Å². The molecule has 3 saturated heterocycles. The number of pyridine rings is 1. The maximum atomic E-state index is 13.7. The number of fused-ring (bicyclic) bond motifs is 2. The van der Waals surface area contributed by atoms with Crippen LogP contribution in [0.25, 0.3) is 5.65 Å². The Morgan fingerprint density at radius 1 is 1.11 bits per heavy atom. The average Bonchev–Trinajstić information content (AvgIpc) is 3.79. The number of aliphatic carboxylic acids is 1. The van der Waals surface area contributed by atoms with Gasteiger partial charge in [0.15, 0.2) is 17.3 Å². The summed E-state index contributed by atoms with van der Waals surface area (Å²) in [5.74, 6) is -0.972. The van der Waals surface area contributed by atoms with Gasteiger partial charge in [-0.2, -0.15) is 4.98 Å². The zero-order valence-electron chi connectivity index (χ0n) is 25.4. The van der Waals surface area contributed by atoms with Crippen LogP contribution in [0.5, 0.6) is 0 Å². The number of ether oxygens (including phenoxy) is 1. The Labute approximate surface area is 260 Å². The van der Waals surface area contributed by atoms with Crippen LogP contribution in [0.1, 0.15) is 68.2 Å². The number of aryl methyl sites for hydroxylation is 1. The molecular weight excluding hydrogens is 596 g/mol. The van der Waals surface area contributed by atoms with Crippen LogP contribution in [0.4, 0.5) is 11.6 Å². The van der Waals surface area contributed by atoms with Gasteiger partial charge in [-0.05, 0) is 62.6 Å². The van der Waals surface area contributed by atoms with Gasteiger partial charge in [0.05, 0.1) is 35.1 Å². The fourth-order valence-corrected chi connectivity index (χ4v) is 10.1. The van der Waals surface area contributed by atoms with Crippen LogP contribution in [-0.4, -0.2) is 73.2 Å². The molecule has 3 N–H and O–H groups in total. The van der Waals surface area contributed by atoms with E-state index in [0.717, 1.165) is 34.8 Å². The third kappa shape index (κ3) is 4.00. The lowest BCUT2D eigenvalue weighted by molar-refractivity contribution is -0.152. The first-order valence-electron chi connectivity index (χ1n) is 15.4. The number of hydrogen-bond donors (Lipinski definition) is 2. The average molecular weight is 633 g/mol. The van der Waals surface area contributed by atoms with Crippen molar-refractivity contribution in [1.82, 2.24) is 28.8 Å². The number of hydrogen-bond acceptors (Lipinski definition) is 10. The predicted molar refractivity (Wildman–Crippen MR) is 164 cm³/mol. The second kappa shape index (κ2) is 9.25. The molecule has 3 aliphatic heterocycles. The van der Waals surface area contributed by atoms with Crippen molar-refractivity contribution in [3.05, 3.63) is 65.4 Å². The van der Waals surface area contributed by atoms with Crippen LogP contribution < -0.4 is 10.6 Å². The number of anilines is 2. The second-order valence-electron chi connectivity index (χ2n) is 13.9. The maximum absolute atomic E-state index is 13.7. The molecule has 9 rings (SSSR count). The van der Waals surface area contributed by atoms with Crippen LogP contribution in [0.3, 0.4) is 0 Å². The Bertz CT molecular complexity index is 1970. The fraction of sp³-hybridized carbons (Fsp3) is 0.516. The molecule has 4 atom stereocenters. The number of carbonyl (C=O) groups is 1. The van der Waals surface area contributed by atoms with Gasteiger partial charge in [-0.1, -0.05) is 37.3 Å². The highest BCUT2D eigenvalue weighted by molar-refractivity contribution is 7.90. The van der Waals surface area contributed by atoms with Crippen molar-refractivity contribution < 1.29 is 23.1 Å². The van der Waals surface area contributed by atoms with Crippen molar-refractivity contribution in [1.29, 1.82) is 0 Å². The summed E-state index contributed by atoms with van der Waals surface area (Å²) in [7, 11) is -4.05. The second-order valence-corrected chi connectivity index (χ2v) is 16.0. The van der Waals surface area contributed by atoms with Crippen LogP contribution in [0.15, 0.2) is 42.6 Å². The number of benzene rings is 1. The molecular formula is C31H36N8O5S. The van der Waals surface area contributed by atoms with E-state index in [1.165, 1.54) is 5.56 Å². The van der Waals surface area contributed by atoms with E-state index in [1.807, 2.05) is 19.2 Å². The summed E-state index contributed by atoms with van der Waals surface area (Å²) in [6.07, 6.45) is 3.66. The summed E-state index contributed by atoms with van der Waals surface area (Å²) in [5, 5.41) is 17.6. The number of carboxylic acids is 1. The van der Waals surface area contributed by atoms with Crippen LogP contribution in [0.2, 0.25) is 0 Å². The van der Waals surface area contributed by atoms with Gasteiger partial charge in [-0.25, -0.2) is 17.9 Å². The molecule has 5 aliphatic rings. The lowest BCUT2D eigenvalue weighted by Crippen LogP contribution is -2.51. The first-order chi connectivity index (χ1) is 21.3. The van der Waals surface area contributed by atoms with Gasteiger partial charge >= 0.3 is 5.97 Å². The van der Waals surface area contributed by atoms with E-state index >= 15 is 0 Å². The molecule has 5 fully saturated rings. The summed E-state index contributed by atoms with van der Waals surface area (Å²) in [4.78, 5) is 23.3. The topological polar surface area (TPSA) is 171 Å². The van der Waals surface area contributed by atoms with E-state index in [1.54, 1.807) is 11.4 Å². The molecule has 2 saturated carbocycles. The lowest BCUT2D eigenvalue weighted by atomic mass is 9.63. The molecule has 2 aliphatic carbocycles. The number of rotatable bonds is 7. The number of nitrogen functional groups attached to an aromatic ring is 1. The van der Waals surface area contributed by atoms with Crippen LogP contribution in [0, 0.1) is 18.3 Å². The maximum Gasteiger partial charge on any atom is 0.309 e. The molecule has 236 valence electrons. The van der Waals surface area contributed by atoms with Crippen molar-refractivity contribution in [2.24, 2.45) is 11.3 Å². The predicted octanol–water partition coefficient (Wildman–Crippen LogP) is 2.84. The first-order valence-corrected chi connectivity index (χ1v) is 16.9. The Hall–Kier alpha value is -4.04. The minimum absolute atomic E-state index is 0.00300. The smallest absolute Gasteiger partial charge is 0.309 e. The molecule has 13 nitrogen and oxygen atoms in total. The molecule has 0 amide bonds. The zero-order valence-corrected chi connectivity index (χ0v) is 26.2. The highest BCUT2D eigenvalue weighted by atomic mass is 32.2. The molecule has 45 heavy (non-hydrogen) atoms. The minimum Gasteiger partial charge on any atom is -0.481 e. The molecule has 6 heterocycles. The van der Waals surface area contributed by atoms with Gasteiger partial charge < -0.3 is 20.5 Å². The van der Waals surface area contributed by atoms with E-state index in [-0.39, 0.29) is 35.9 Å². The zero-order chi connectivity index (χ0) is 31.5. The van der Waals surface area contributed by atoms with E-state index in [4.69, 9.17) is 20.6 Å². The number of aromatic nitrogens is 6. The third-order valence-corrected chi connectivity index (χ3v) is 12.7. The van der Waals surface area contributed by atoms with E-state index in [0.29, 0.717) is 24.5 Å². The summed E-state index contributed by atoms with van der Waals surface area (Å²) in [6.45, 7) is 8.11. The molecule has 0 radical (unpaired) electrons. The normalized spacial score (nSPS) is 32.5. The third-order valence-electron chi connectivity index (χ3n) is 10.8. The van der Waals surface area contributed by atoms with Gasteiger partial charge in [0, 0.05) is 18.5 Å². The van der Waals surface area contributed by atoms with Crippen LogP contribution in [-0.2, 0) is 30.6 Å². The Morgan fingerprint density at radius 2 is 1.87 bits per heavy atom. The molecule has 14 heteroatoms. The molecule has 3 aromatic heterocycles. The summed E-state index contributed by atoms with van der Waals surface area (Å²) < 4.78 is 36.5. The summed E-state index contributed by atoms with van der Waals surface area (Å²) in [6, 6.07) is 12.8.